The summed E-state index contributed by atoms with van der Waals surface area (Å²) in [5.74, 6) is 0.118. The number of anilines is 2. The zero-order valence-electron chi connectivity index (χ0n) is 17.4. The van der Waals surface area contributed by atoms with Crippen LogP contribution in [0.15, 0.2) is 58.8 Å². The lowest BCUT2D eigenvalue weighted by molar-refractivity contribution is -0.117. The van der Waals surface area contributed by atoms with Crippen LogP contribution in [0.5, 0.6) is 0 Å². The van der Waals surface area contributed by atoms with E-state index in [-0.39, 0.29) is 36.3 Å². The monoisotopic (exact) mass is 426 g/mol. The fourth-order valence-corrected chi connectivity index (χ4v) is 2.61. The summed E-state index contributed by atoms with van der Waals surface area (Å²) in [6.07, 6.45) is 0.839. The van der Waals surface area contributed by atoms with Crippen molar-refractivity contribution in [3.8, 4) is 0 Å². The van der Waals surface area contributed by atoms with Crippen molar-refractivity contribution in [2.75, 3.05) is 24.9 Å². The Balaban J connectivity index is 1.75. The van der Waals surface area contributed by atoms with E-state index in [0.717, 1.165) is 0 Å². The van der Waals surface area contributed by atoms with Gasteiger partial charge in [-0.1, -0.05) is 10.3 Å². The predicted molar refractivity (Wildman–Crippen MR) is 119 cm³/mol. The van der Waals surface area contributed by atoms with E-state index < -0.39 is 0 Å². The Morgan fingerprint density at radius 3 is 1.42 bits per heavy atom. The number of rotatable bonds is 10. The Morgan fingerprint density at radius 2 is 1.10 bits per heavy atom. The molecule has 0 atom stereocenters. The van der Waals surface area contributed by atoms with E-state index in [1.165, 1.54) is 14.2 Å². The number of benzene rings is 2. The van der Waals surface area contributed by atoms with Gasteiger partial charge in [-0.05, 0) is 55.0 Å². The average Bonchev–Trinajstić information content (AvgIpc) is 2.75. The highest BCUT2D eigenvalue weighted by molar-refractivity contribution is 5.99. The van der Waals surface area contributed by atoms with Crippen molar-refractivity contribution in [3.63, 3.8) is 0 Å². The molecule has 2 amide bonds. The summed E-state index contributed by atoms with van der Waals surface area (Å²) in [4.78, 5) is 33.4. The van der Waals surface area contributed by atoms with E-state index in [1.54, 1.807) is 48.5 Å². The molecule has 2 aromatic rings. The Hall–Kier alpha value is -4.08. The molecule has 0 heterocycles. The van der Waals surface area contributed by atoms with Crippen LogP contribution in [0.2, 0.25) is 0 Å². The molecule has 0 fully saturated rings. The van der Waals surface area contributed by atoms with Crippen LogP contribution in [0.25, 0.3) is 0 Å². The van der Waals surface area contributed by atoms with Crippen LogP contribution >= 0.6 is 0 Å². The molecule has 0 aliphatic heterocycles. The summed E-state index contributed by atoms with van der Waals surface area (Å²) in [6, 6.07) is 13.7. The number of hydrogen-bond acceptors (Lipinski definition) is 6. The van der Waals surface area contributed by atoms with Crippen LogP contribution in [0.3, 0.4) is 0 Å². The van der Waals surface area contributed by atoms with Gasteiger partial charge in [0.25, 0.3) is 0 Å². The molecular weight excluding hydrogens is 400 g/mol. The third-order valence-electron chi connectivity index (χ3n) is 4.12. The highest BCUT2D eigenvalue weighted by atomic mass is 16.6. The van der Waals surface area contributed by atoms with Gasteiger partial charge in [0.15, 0.2) is 11.7 Å². The van der Waals surface area contributed by atoms with E-state index in [1.807, 2.05) is 0 Å². The molecule has 6 N–H and O–H groups in total. The predicted octanol–water partition coefficient (Wildman–Crippen LogP) is 1.97. The summed E-state index contributed by atoms with van der Waals surface area (Å²) < 4.78 is 0. The molecule has 0 saturated carbocycles. The van der Waals surface area contributed by atoms with Crippen LogP contribution in [0, 0.1) is 0 Å². The lowest BCUT2D eigenvalue weighted by Crippen LogP contribution is -2.16. The molecule has 0 aliphatic rings. The Morgan fingerprint density at radius 1 is 0.742 bits per heavy atom. The summed E-state index contributed by atoms with van der Waals surface area (Å²) in [7, 11) is 2.82. The first-order valence-corrected chi connectivity index (χ1v) is 9.46. The molecule has 0 spiro atoms. The summed E-state index contributed by atoms with van der Waals surface area (Å²) in [6.45, 7) is 0. The van der Waals surface area contributed by atoms with Gasteiger partial charge in [-0.2, -0.15) is 0 Å². The number of carbonyl (C=O) groups is 2. The van der Waals surface area contributed by atoms with Gasteiger partial charge >= 0.3 is 0 Å². The molecule has 0 unspecified atom stereocenters. The first-order chi connectivity index (χ1) is 14.9. The smallest absolute Gasteiger partial charge is 0.224 e. The van der Waals surface area contributed by atoms with Crippen LogP contribution in [0.1, 0.15) is 30.4 Å². The summed E-state index contributed by atoms with van der Waals surface area (Å²) in [5, 5.41) is 12.8. The standard InChI is InChI=1S/C21H26N6O4/c1-30-26-20(22)14-6-10-16(11-7-14)24-18(28)4-3-5-19(29)25-17-12-8-15(9-13-17)21(23)27-31-2/h6-13H,3-5H2,1-2H3,(H2,22,26)(H2,23,27)(H,24,28)(H,25,29). The lowest BCUT2D eigenvalue weighted by atomic mass is 10.1. The second-order valence-electron chi connectivity index (χ2n) is 6.42. The number of amides is 2. The molecule has 0 saturated heterocycles. The van der Waals surface area contributed by atoms with Gasteiger partial charge in [-0.3, -0.25) is 9.59 Å². The topological polar surface area (TPSA) is 153 Å². The second-order valence-corrected chi connectivity index (χ2v) is 6.42. The van der Waals surface area contributed by atoms with Crippen LogP contribution in [0.4, 0.5) is 11.4 Å². The van der Waals surface area contributed by atoms with Crippen LogP contribution in [-0.2, 0) is 19.3 Å². The number of nitrogens with two attached hydrogens (primary N) is 2. The SMILES string of the molecule is CO/N=C(\N)c1ccc(NC(=O)CCCC(=O)Nc2ccc(/C(N)=N\OC)cc2)cc1. The third-order valence-corrected chi connectivity index (χ3v) is 4.12. The van der Waals surface area contributed by atoms with Gasteiger partial charge in [-0.25, -0.2) is 0 Å². The van der Waals surface area contributed by atoms with Gasteiger partial charge in [0.05, 0.1) is 0 Å². The third kappa shape index (κ3) is 7.69. The summed E-state index contributed by atoms with van der Waals surface area (Å²) >= 11 is 0. The quantitative estimate of drug-likeness (QED) is 0.259. The van der Waals surface area contributed by atoms with Gasteiger partial charge in [0.1, 0.15) is 14.2 Å². The van der Waals surface area contributed by atoms with E-state index in [4.69, 9.17) is 11.5 Å². The molecule has 0 aliphatic carbocycles. The van der Waals surface area contributed by atoms with Crippen molar-refractivity contribution in [2.45, 2.75) is 19.3 Å². The maximum atomic E-state index is 12.1. The number of amidine groups is 2. The van der Waals surface area contributed by atoms with Crippen molar-refractivity contribution < 1.29 is 19.3 Å². The maximum absolute atomic E-state index is 12.1. The lowest BCUT2D eigenvalue weighted by Gasteiger charge is -2.08. The number of nitrogens with zero attached hydrogens (tertiary/aromatic N) is 2. The zero-order valence-corrected chi connectivity index (χ0v) is 17.4. The molecule has 31 heavy (non-hydrogen) atoms. The first kappa shape index (κ1) is 23.2. The fraction of sp³-hybridized carbons (Fsp3) is 0.238. The van der Waals surface area contributed by atoms with Gasteiger partial charge in [0, 0.05) is 35.3 Å². The van der Waals surface area contributed by atoms with E-state index in [0.29, 0.717) is 28.9 Å². The Kier molecular flexibility index (Phi) is 8.84. The highest BCUT2D eigenvalue weighted by Crippen LogP contribution is 2.12. The van der Waals surface area contributed by atoms with Crippen molar-refractivity contribution in [3.05, 3.63) is 59.7 Å². The van der Waals surface area contributed by atoms with Crippen LogP contribution in [-0.4, -0.2) is 37.7 Å². The molecule has 0 aromatic heterocycles. The normalized spacial score (nSPS) is 11.5. The summed E-state index contributed by atoms with van der Waals surface area (Å²) in [5.41, 5.74) is 14.1. The van der Waals surface area contributed by atoms with Crippen molar-refractivity contribution in [1.82, 2.24) is 0 Å². The number of carbonyl (C=O) groups excluding carboxylic acids is 2. The minimum atomic E-state index is -0.184. The van der Waals surface area contributed by atoms with Crippen molar-refractivity contribution >= 4 is 34.9 Å². The maximum Gasteiger partial charge on any atom is 0.224 e. The minimum Gasteiger partial charge on any atom is -0.397 e. The molecule has 10 nitrogen and oxygen atoms in total. The number of oxime groups is 2. The van der Waals surface area contributed by atoms with Gasteiger partial charge < -0.3 is 31.8 Å². The number of hydrogen-bond donors (Lipinski definition) is 4. The molecule has 2 aromatic carbocycles. The van der Waals surface area contributed by atoms with Crippen molar-refractivity contribution in [2.24, 2.45) is 21.8 Å². The molecule has 164 valence electrons. The minimum absolute atomic E-state index is 0.184. The van der Waals surface area contributed by atoms with E-state index >= 15 is 0 Å². The van der Waals surface area contributed by atoms with Gasteiger partial charge in [0.2, 0.25) is 11.8 Å². The number of nitrogens with one attached hydrogen (secondary N) is 2. The highest BCUT2D eigenvalue weighted by Gasteiger charge is 2.08. The average molecular weight is 426 g/mol. The molecule has 10 heteroatoms. The molecule has 2 rings (SSSR count). The van der Waals surface area contributed by atoms with E-state index in [2.05, 4.69) is 30.6 Å². The second kappa shape index (κ2) is 11.8. The van der Waals surface area contributed by atoms with E-state index in [9.17, 15) is 9.59 Å². The zero-order chi connectivity index (χ0) is 22.6. The molecular formula is C21H26N6O4. The van der Waals surface area contributed by atoms with Gasteiger partial charge in [-0.15, -0.1) is 0 Å². The largest absolute Gasteiger partial charge is 0.397 e. The Labute approximate surface area is 180 Å². The molecule has 0 radical (unpaired) electrons. The fourth-order valence-electron chi connectivity index (χ4n) is 2.61. The van der Waals surface area contributed by atoms with Crippen LogP contribution < -0.4 is 22.1 Å². The first-order valence-electron chi connectivity index (χ1n) is 9.46. The molecule has 0 bridgehead atoms. The Bertz CT molecular complexity index is 862. The van der Waals surface area contributed by atoms with Crippen molar-refractivity contribution in [1.29, 1.82) is 0 Å².